The van der Waals surface area contributed by atoms with Crippen LogP contribution >= 0.6 is 23.1 Å². The number of nitrogens with one attached hydrogen (secondary N) is 1. The zero-order valence-corrected chi connectivity index (χ0v) is 20.4. The van der Waals surface area contributed by atoms with Gasteiger partial charge in [-0.15, -0.1) is 11.3 Å². The Balaban J connectivity index is 1.63. The largest absolute Gasteiger partial charge is 0.383 e. The van der Waals surface area contributed by atoms with Crippen molar-refractivity contribution >= 4 is 49.3 Å². The van der Waals surface area contributed by atoms with Crippen LogP contribution in [-0.4, -0.2) is 35.7 Å². The minimum atomic E-state index is -0.0953. The van der Waals surface area contributed by atoms with Gasteiger partial charge in [0.2, 0.25) is 5.91 Å². The number of thiophene rings is 1. The average molecular weight is 493 g/mol. The summed E-state index contributed by atoms with van der Waals surface area (Å²) in [4.78, 5) is 30.5. The first-order valence-corrected chi connectivity index (χ1v) is 12.7. The predicted molar refractivity (Wildman–Crippen MR) is 136 cm³/mol. The lowest BCUT2D eigenvalue weighted by molar-refractivity contribution is -0.121. The van der Waals surface area contributed by atoms with Crippen molar-refractivity contribution in [2.75, 3.05) is 20.3 Å². The number of hydrogen-bond donors (Lipinski definition) is 1. The standard InChI is InChI=1S/C25H24N4O3S2/c1-32-14-12-27-21(30)11-6-13-29-24(31)23-22(19-9-4-5-10-20(19)34-23)28-25(29)33-16-18-8-3-2-7-17(18)15-26/h2-5,7-10H,6,11-14,16H2,1H3,(H,27,30). The maximum Gasteiger partial charge on any atom is 0.272 e. The summed E-state index contributed by atoms with van der Waals surface area (Å²) in [6, 6.07) is 17.5. The van der Waals surface area contributed by atoms with Gasteiger partial charge in [-0.05, 0) is 24.1 Å². The van der Waals surface area contributed by atoms with Crippen molar-refractivity contribution in [1.82, 2.24) is 14.9 Å². The van der Waals surface area contributed by atoms with Crippen LogP contribution in [0.25, 0.3) is 20.3 Å². The molecule has 7 nitrogen and oxygen atoms in total. The van der Waals surface area contributed by atoms with E-state index in [1.165, 1.54) is 23.1 Å². The van der Waals surface area contributed by atoms with E-state index in [2.05, 4.69) is 11.4 Å². The van der Waals surface area contributed by atoms with E-state index in [4.69, 9.17) is 9.72 Å². The number of fused-ring (bicyclic) bond motifs is 3. The Bertz CT molecular complexity index is 1420. The van der Waals surface area contributed by atoms with Crippen molar-refractivity contribution in [3.8, 4) is 6.07 Å². The van der Waals surface area contributed by atoms with E-state index in [0.717, 1.165) is 15.6 Å². The number of benzene rings is 2. The molecule has 0 atom stereocenters. The van der Waals surface area contributed by atoms with Crippen molar-refractivity contribution < 1.29 is 9.53 Å². The van der Waals surface area contributed by atoms with Crippen LogP contribution in [0.4, 0.5) is 0 Å². The Morgan fingerprint density at radius 2 is 2.03 bits per heavy atom. The Morgan fingerprint density at radius 3 is 2.85 bits per heavy atom. The summed E-state index contributed by atoms with van der Waals surface area (Å²) in [5.74, 6) is 0.444. The minimum absolute atomic E-state index is 0.0712. The number of methoxy groups -OCH3 is 1. The molecule has 0 aliphatic carbocycles. The highest BCUT2D eigenvalue weighted by molar-refractivity contribution is 7.98. The number of nitriles is 1. The van der Waals surface area contributed by atoms with E-state index in [1.54, 1.807) is 17.7 Å². The van der Waals surface area contributed by atoms with E-state index in [-0.39, 0.29) is 11.5 Å². The third-order valence-electron chi connectivity index (χ3n) is 5.36. The molecule has 4 rings (SSSR count). The number of ether oxygens (including phenoxy) is 1. The van der Waals surface area contributed by atoms with Gasteiger partial charge < -0.3 is 10.1 Å². The van der Waals surface area contributed by atoms with Crippen molar-refractivity contribution in [3.05, 3.63) is 70.0 Å². The first kappa shape index (κ1) is 24.0. The number of carbonyl (C=O) groups is 1. The van der Waals surface area contributed by atoms with E-state index in [0.29, 0.717) is 59.2 Å². The fraction of sp³-hybridized carbons (Fsp3) is 0.280. The molecule has 0 radical (unpaired) electrons. The monoisotopic (exact) mass is 492 g/mol. The second kappa shape index (κ2) is 11.3. The average Bonchev–Trinajstić information content (AvgIpc) is 3.23. The summed E-state index contributed by atoms with van der Waals surface area (Å²) < 4.78 is 8.25. The molecule has 0 aliphatic rings. The summed E-state index contributed by atoms with van der Waals surface area (Å²) >= 11 is 2.88. The summed E-state index contributed by atoms with van der Waals surface area (Å²) in [6.07, 6.45) is 0.821. The van der Waals surface area contributed by atoms with E-state index in [9.17, 15) is 14.9 Å². The first-order valence-electron chi connectivity index (χ1n) is 10.9. The van der Waals surface area contributed by atoms with Crippen LogP contribution < -0.4 is 10.9 Å². The number of amides is 1. The number of carbonyl (C=O) groups excluding carboxylic acids is 1. The van der Waals surface area contributed by atoms with Gasteiger partial charge in [-0.25, -0.2) is 4.98 Å². The molecule has 4 aromatic rings. The Hall–Kier alpha value is -3.19. The summed E-state index contributed by atoms with van der Waals surface area (Å²) in [7, 11) is 1.59. The number of hydrogen-bond acceptors (Lipinski definition) is 7. The normalized spacial score (nSPS) is 11.1. The van der Waals surface area contributed by atoms with Crippen LogP contribution in [0, 0.1) is 11.3 Å². The lowest BCUT2D eigenvalue weighted by Crippen LogP contribution is -2.28. The van der Waals surface area contributed by atoms with Gasteiger partial charge in [0.1, 0.15) is 4.70 Å². The Morgan fingerprint density at radius 1 is 1.24 bits per heavy atom. The topological polar surface area (TPSA) is 97.0 Å². The van der Waals surface area contributed by atoms with E-state index in [1.807, 2.05) is 42.5 Å². The van der Waals surface area contributed by atoms with Crippen molar-refractivity contribution in [2.24, 2.45) is 0 Å². The maximum absolute atomic E-state index is 13.5. The Kier molecular flexibility index (Phi) is 7.95. The molecule has 0 saturated heterocycles. The molecule has 0 aliphatic heterocycles. The molecule has 0 saturated carbocycles. The molecule has 2 aromatic heterocycles. The van der Waals surface area contributed by atoms with Crippen LogP contribution in [0.1, 0.15) is 24.0 Å². The molecule has 0 fully saturated rings. The number of thioether (sulfide) groups is 1. The van der Waals surface area contributed by atoms with Gasteiger partial charge in [0.15, 0.2) is 5.16 Å². The minimum Gasteiger partial charge on any atom is -0.383 e. The number of rotatable bonds is 10. The van der Waals surface area contributed by atoms with Crippen LogP contribution in [-0.2, 0) is 21.8 Å². The molecule has 2 aromatic carbocycles. The predicted octanol–water partition coefficient (Wildman–Crippen LogP) is 4.32. The SMILES string of the molecule is COCCNC(=O)CCCn1c(SCc2ccccc2C#N)nc2c(sc3ccccc32)c1=O. The first-order chi connectivity index (χ1) is 16.6. The second-order valence-electron chi connectivity index (χ2n) is 7.63. The van der Waals surface area contributed by atoms with E-state index >= 15 is 0 Å². The van der Waals surface area contributed by atoms with Crippen molar-refractivity contribution in [2.45, 2.75) is 30.3 Å². The molecule has 1 N–H and O–H groups in total. The summed E-state index contributed by atoms with van der Waals surface area (Å²) in [5, 5.41) is 13.8. The van der Waals surface area contributed by atoms with E-state index < -0.39 is 0 Å². The van der Waals surface area contributed by atoms with Gasteiger partial charge in [0, 0.05) is 42.5 Å². The number of aromatic nitrogens is 2. The molecule has 34 heavy (non-hydrogen) atoms. The third-order valence-corrected chi connectivity index (χ3v) is 7.53. The molecular formula is C25H24N4O3S2. The summed E-state index contributed by atoms with van der Waals surface area (Å²) in [6.45, 7) is 1.31. The highest BCUT2D eigenvalue weighted by Gasteiger charge is 2.17. The molecule has 0 unspecified atom stereocenters. The van der Waals surface area contributed by atoms with Gasteiger partial charge in [-0.1, -0.05) is 48.2 Å². The smallest absolute Gasteiger partial charge is 0.272 e. The zero-order chi connectivity index (χ0) is 23.9. The third kappa shape index (κ3) is 5.30. The lowest BCUT2D eigenvalue weighted by atomic mass is 10.1. The molecular weight excluding hydrogens is 468 g/mol. The molecule has 174 valence electrons. The fourth-order valence-electron chi connectivity index (χ4n) is 3.64. The molecule has 9 heteroatoms. The van der Waals surface area contributed by atoms with Gasteiger partial charge in [0.05, 0.1) is 23.8 Å². The maximum atomic E-state index is 13.5. The van der Waals surface area contributed by atoms with Crippen molar-refractivity contribution in [1.29, 1.82) is 5.26 Å². The van der Waals surface area contributed by atoms with Gasteiger partial charge in [-0.3, -0.25) is 14.2 Å². The molecule has 0 bridgehead atoms. The van der Waals surface area contributed by atoms with Crippen LogP contribution in [0.2, 0.25) is 0 Å². The molecule has 1 amide bonds. The fourth-order valence-corrected chi connectivity index (χ4v) is 5.75. The van der Waals surface area contributed by atoms with Crippen LogP contribution in [0.15, 0.2) is 58.5 Å². The number of nitrogens with zero attached hydrogens (tertiary/aromatic N) is 3. The highest BCUT2D eigenvalue weighted by Crippen LogP contribution is 2.32. The lowest BCUT2D eigenvalue weighted by Gasteiger charge is -2.12. The van der Waals surface area contributed by atoms with Gasteiger partial charge in [-0.2, -0.15) is 5.26 Å². The van der Waals surface area contributed by atoms with Gasteiger partial charge in [0.25, 0.3) is 5.56 Å². The quantitative estimate of drug-likeness (QED) is 0.201. The highest BCUT2D eigenvalue weighted by atomic mass is 32.2. The van der Waals surface area contributed by atoms with Crippen LogP contribution in [0.3, 0.4) is 0 Å². The van der Waals surface area contributed by atoms with Gasteiger partial charge >= 0.3 is 0 Å². The van der Waals surface area contributed by atoms with Crippen LogP contribution in [0.5, 0.6) is 0 Å². The van der Waals surface area contributed by atoms with Crippen molar-refractivity contribution in [3.63, 3.8) is 0 Å². The second-order valence-corrected chi connectivity index (χ2v) is 9.63. The Labute approximate surface area is 205 Å². The molecule has 2 heterocycles. The summed E-state index contributed by atoms with van der Waals surface area (Å²) in [5.41, 5.74) is 2.11. The zero-order valence-electron chi connectivity index (χ0n) is 18.7. The molecule has 0 spiro atoms.